The van der Waals surface area contributed by atoms with Gasteiger partial charge in [0.2, 0.25) is 5.91 Å². The van der Waals surface area contributed by atoms with Crippen molar-refractivity contribution in [1.82, 2.24) is 5.32 Å². The van der Waals surface area contributed by atoms with Gasteiger partial charge in [0.15, 0.2) is 0 Å². The zero-order valence-electron chi connectivity index (χ0n) is 31.1. The summed E-state index contributed by atoms with van der Waals surface area (Å²) in [6.45, 7) is 4.27. The first kappa shape index (κ1) is 46.4. The summed E-state index contributed by atoms with van der Waals surface area (Å²) in [4.78, 5) is 25.1. The van der Waals surface area contributed by atoms with Crippen LogP contribution >= 0.6 is 7.82 Å². The normalized spacial score (nSPS) is 15.8. The Labute approximate surface area is 299 Å². The summed E-state index contributed by atoms with van der Waals surface area (Å²) in [5, 5.41) is 13.6. The number of amides is 1. The summed E-state index contributed by atoms with van der Waals surface area (Å²) in [7, 11) is 1.17. The summed E-state index contributed by atoms with van der Waals surface area (Å²) < 4.78 is 23.0. The number of hydrogen-bond donors (Lipinski definition) is 2. The van der Waals surface area contributed by atoms with Crippen molar-refractivity contribution in [3.05, 3.63) is 97.2 Å². The van der Waals surface area contributed by atoms with Crippen molar-refractivity contribution in [2.45, 2.75) is 109 Å². The first-order chi connectivity index (χ1) is 23.5. The van der Waals surface area contributed by atoms with Crippen LogP contribution in [0.3, 0.4) is 0 Å². The maximum absolute atomic E-state index is 12.7. The summed E-state index contributed by atoms with van der Waals surface area (Å²) in [6.07, 6.45) is 43.3. The Morgan fingerprint density at radius 2 is 1.16 bits per heavy atom. The average Bonchev–Trinajstić information content (AvgIpc) is 3.04. The Morgan fingerprint density at radius 1 is 0.714 bits per heavy atom. The molecule has 0 aromatic heterocycles. The van der Waals surface area contributed by atoms with Crippen molar-refractivity contribution in [3.8, 4) is 0 Å². The van der Waals surface area contributed by atoms with Crippen LogP contribution < -0.4 is 10.2 Å². The maximum atomic E-state index is 12.7. The van der Waals surface area contributed by atoms with E-state index in [1.165, 1.54) is 0 Å². The molecule has 0 fully saturated rings. The lowest BCUT2D eigenvalue weighted by Gasteiger charge is -2.29. The van der Waals surface area contributed by atoms with E-state index >= 15 is 0 Å². The third kappa shape index (κ3) is 33.7. The molecule has 8 nitrogen and oxygen atoms in total. The van der Waals surface area contributed by atoms with Gasteiger partial charge in [-0.3, -0.25) is 9.36 Å². The number of likely N-dealkylation sites (N-methyl/N-ethyl adjacent to an activating group) is 1. The minimum atomic E-state index is -4.61. The molecular formula is C40H67N2O6P. The summed E-state index contributed by atoms with van der Waals surface area (Å²) in [5.74, 6) is -0.278. The molecule has 0 spiro atoms. The van der Waals surface area contributed by atoms with Crippen LogP contribution in [0.1, 0.15) is 97.3 Å². The molecule has 1 amide bonds. The largest absolute Gasteiger partial charge is 0.756 e. The number of allylic oxidation sites excluding steroid dienone is 15. The number of rotatable bonds is 30. The van der Waals surface area contributed by atoms with Crippen LogP contribution in [-0.2, 0) is 18.4 Å². The summed E-state index contributed by atoms with van der Waals surface area (Å²) >= 11 is 0. The van der Waals surface area contributed by atoms with Gasteiger partial charge in [0.25, 0.3) is 7.82 Å². The van der Waals surface area contributed by atoms with E-state index in [2.05, 4.69) is 104 Å². The van der Waals surface area contributed by atoms with Gasteiger partial charge in [-0.15, -0.1) is 0 Å². The Hall–Kier alpha value is -2.58. The van der Waals surface area contributed by atoms with Gasteiger partial charge in [0.1, 0.15) is 13.2 Å². The van der Waals surface area contributed by atoms with Gasteiger partial charge in [-0.2, -0.15) is 0 Å². The second-order valence-corrected chi connectivity index (χ2v) is 14.2. The van der Waals surface area contributed by atoms with Crippen LogP contribution in [0, 0.1) is 0 Å². The lowest BCUT2D eigenvalue weighted by molar-refractivity contribution is -0.870. The third-order valence-electron chi connectivity index (χ3n) is 7.02. The second-order valence-electron chi connectivity index (χ2n) is 12.8. The molecule has 0 saturated carbocycles. The molecular weight excluding hydrogens is 635 g/mol. The third-order valence-corrected chi connectivity index (χ3v) is 7.98. The highest BCUT2D eigenvalue weighted by Crippen LogP contribution is 2.38. The van der Waals surface area contributed by atoms with E-state index in [9.17, 15) is 19.4 Å². The van der Waals surface area contributed by atoms with Gasteiger partial charge in [0, 0.05) is 6.42 Å². The average molecular weight is 703 g/mol. The Bertz CT molecular complexity index is 1110. The number of nitrogens with zero attached hydrogens (tertiary/aromatic N) is 1. The minimum Gasteiger partial charge on any atom is -0.756 e. The zero-order valence-corrected chi connectivity index (χ0v) is 32.0. The Kier molecular flexibility index (Phi) is 29.8. The van der Waals surface area contributed by atoms with E-state index < -0.39 is 26.6 Å². The summed E-state index contributed by atoms with van der Waals surface area (Å²) in [6, 6.07) is -0.942. The number of carbonyl (C=O) groups excluding carboxylic acids is 1. The predicted molar refractivity (Wildman–Crippen MR) is 205 cm³/mol. The Balaban J connectivity index is 4.71. The number of aliphatic hydroxyl groups is 1. The van der Waals surface area contributed by atoms with E-state index in [-0.39, 0.29) is 18.9 Å². The van der Waals surface area contributed by atoms with Gasteiger partial charge < -0.3 is 28.8 Å². The van der Waals surface area contributed by atoms with Gasteiger partial charge in [-0.25, -0.2) is 0 Å². The lowest BCUT2D eigenvalue weighted by atomic mass is 10.1. The number of phosphoric acid groups is 1. The number of unbranched alkanes of at least 4 members (excludes halogenated alkanes) is 3. The molecule has 0 rings (SSSR count). The quantitative estimate of drug-likeness (QED) is 0.0336. The molecule has 278 valence electrons. The van der Waals surface area contributed by atoms with Crippen molar-refractivity contribution in [2.24, 2.45) is 0 Å². The molecule has 9 heteroatoms. The second kappa shape index (κ2) is 31.4. The highest BCUT2D eigenvalue weighted by Gasteiger charge is 2.23. The van der Waals surface area contributed by atoms with E-state index in [1.807, 2.05) is 27.2 Å². The fourth-order valence-corrected chi connectivity index (χ4v) is 4.89. The van der Waals surface area contributed by atoms with Crippen LogP contribution in [-0.4, -0.2) is 68.5 Å². The number of carbonyl (C=O) groups is 1. The van der Waals surface area contributed by atoms with Gasteiger partial charge in [-0.1, -0.05) is 111 Å². The maximum Gasteiger partial charge on any atom is 0.268 e. The molecule has 0 bridgehead atoms. The monoisotopic (exact) mass is 702 g/mol. The lowest BCUT2D eigenvalue weighted by Crippen LogP contribution is -2.45. The molecule has 0 aliphatic heterocycles. The zero-order chi connectivity index (χ0) is 36.5. The molecule has 0 aromatic rings. The number of quaternary nitrogens is 1. The highest BCUT2D eigenvalue weighted by molar-refractivity contribution is 7.45. The smallest absolute Gasteiger partial charge is 0.268 e. The molecule has 0 aromatic carbocycles. The van der Waals surface area contributed by atoms with Crippen molar-refractivity contribution >= 4 is 13.7 Å². The van der Waals surface area contributed by atoms with Crippen LogP contribution in [0.5, 0.6) is 0 Å². The first-order valence-corrected chi connectivity index (χ1v) is 19.6. The molecule has 0 radical (unpaired) electrons. The van der Waals surface area contributed by atoms with Crippen LogP contribution in [0.25, 0.3) is 0 Å². The van der Waals surface area contributed by atoms with Gasteiger partial charge in [0.05, 0.1) is 39.9 Å². The topological polar surface area (TPSA) is 108 Å². The standard InChI is InChI=1S/C40H67N2O6P/c1-6-8-10-12-14-16-18-19-20-21-22-23-24-26-28-30-32-34-40(44)41-38(37-48-49(45,46)47-36-35-42(3,4)5)39(43)33-31-29-27-25-17-15-13-11-9-7-2/h8-11,14,16-17,19-20,22-23,25-26,28,31,33,38-39,43H,6-7,12-13,15,18,21,24,27,29-30,32,34-37H2,1-5H3,(H-,41,44,45,46)/b10-8-,11-9+,16-14-,20-19-,23-22-,25-17+,28-26-,33-31+. The Morgan fingerprint density at radius 3 is 1.69 bits per heavy atom. The predicted octanol–water partition coefficient (Wildman–Crippen LogP) is 8.60. The number of phosphoric ester groups is 1. The summed E-state index contributed by atoms with van der Waals surface area (Å²) in [5.41, 5.74) is 0. The molecule has 0 aliphatic rings. The van der Waals surface area contributed by atoms with Crippen molar-refractivity contribution < 1.29 is 32.9 Å². The number of nitrogens with one attached hydrogen (secondary N) is 1. The molecule has 0 heterocycles. The molecule has 3 unspecified atom stereocenters. The SMILES string of the molecule is CC/C=C\C/C=C\C/C=C\C/C=C\C/C=C\CCCC(=O)NC(COP(=O)([O-])OCC[N+](C)(C)C)C(O)/C=C/CC/C=C/CC/C=C/CC. The van der Waals surface area contributed by atoms with Crippen molar-refractivity contribution in [2.75, 3.05) is 40.9 Å². The van der Waals surface area contributed by atoms with Crippen LogP contribution in [0.4, 0.5) is 0 Å². The minimum absolute atomic E-state index is 0.0258. The van der Waals surface area contributed by atoms with Crippen molar-refractivity contribution in [1.29, 1.82) is 0 Å². The van der Waals surface area contributed by atoms with E-state index in [0.717, 1.165) is 64.2 Å². The fraction of sp³-hybridized carbons (Fsp3) is 0.575. The van der Waals surface area contributed by atoms with Crippen LogP contribution in [0.15, 0.2) is 97.2 Å². The van der Waals surface area contributed by atoms with E-state index in [1.54, 1.807) is 6.08 Å². The molecule has 3 atom stereocenters. The van der Waals surface area contributed by atoms with Gasteiger partial charge >= 0.3 is 0 Å². The molecule has 0 aliphatic carbocycles. The molecule has 2 N–H and O–H groups in total. The van der Waals surface area contributed by atoms with E-state index in [4.69, 9.17) is 9.05 Å². The molecule has 49 heavy (non-hydrogen) atoms. The van der Waals surface area contributed by atoms with Crippen LogP contribution in [0.2, 0.25) is 0 Å². The number of aliphatic hydroxyl groups excluding tert-OH is 1. The fourth-order valence-electron chi connectivity index (χ4n) is 4.16. The molecule has 0 saturated heterocycles. The first-order valence-electron chi connectivity index (χ1n) is 18.1. The number of hydrogen-bond acceptors (Lipinski definition) is 6. The van der Waals surface area contributed by atoms with Gasteiger partial charge in [-0.05, 0) is 77.0 Å². The van der Waals surface area contributed by atoms with E-state index in [0.29, 0.717) is 23.9 Å². The van der Waals surface area contributed by atoms with Crippen molar-refractivity contribution in [3.63, 3.8) is 0 Å². The highest BCUT2D eigenvalue weighted by atomic mass is 31.2.